The van der Waals surface area contributed by atoms with E-state index in [0.29, 0.717) is 116 Å². The number of carbonyl (C=O) groups is 7. The molecule has 3 atom stereocenters. The third kappa shape index (κ3) is 20.9. The van der Waals surface area contributed by atoms with Gasteiger partial charge in [0.25, 0.3) is 22.6 Å². The highest BCUT2D eigenvalue weighted by molar-refractivity contribution is 7.07. The van der Waals surface area contributed by atoms with Crippen LogP contribution in [0.25, 0.3) is 18.2 Å². The molecule has 3 aliphatic heterocycles. The Morgan fingerprint density at radius 2 is 0.579 bits per heavy atom. The Labute approximate surface area is 704 Å². The smallest absolute Gasteiger partial charge is 0.338 e. The molecule has 6 aromatic carbocycles. The molecular weight excluding hydrogens is 1630 g/mol. The van der Waals surface area contributed by atoms with Crippen molar-refractivity contribution >= 4 is 94.0 Å². The highest BCUT2D eigenvalue weighted by Gasteiger charge is 2.38. The number of thiazole rings is 3. The van der Waals surface area contributed by atoms with Crippen LogP contribution < -0.4 is 102 Å². The van der Waals surface area contributed by atoms with Crippen LogP contribution >= 0.6 is 34.0 Å². The van der Waals surface area contributed by atoms with Gasteiger partial charge >= 0.3 is 35.8 Å². The zero-order valence-corrected chi connectivity index (χ0v) is 72.0. The van der Waals surface area contributed by atoms with Crippen molar-refractivity contribution in [2.75, 3.05) is 83.8 Å². The fraction of sp³-hybridized carbons (Fsp3) is 0.291. The minimum Gasteiger partial charge on any atom is -0.493 e. The highest BCUT2D eigenvalue weighted by atomic mass is 32.1. The average Bonchev–Trinajstić information content (AvgIpc) is 1.59. The van der Waals surface area contributed by atoms with E-state index < -0.39 is 59.9 Å². The van der Waals surface area contributed by atoms with E-state index >= 15 is 0 Å². The van der Waals surface area contributed by atoms with Gasteiger partial charge in [-0.3, -0.25) is 47.3 Å². The van der Waals surface area contributed by atoms with Gasteiger partial charge in [0, 0.05) is 27.7 Å². The van der Waals surface area contributed by atoms with E-state index in [1.54, 1.807) is 151 Å². The number of benzene rings is 6. The van der Waals surface area contributed by atoms with Crippen LogP contribution in [0.2, 0.25) is 0 Å². The summed E-state index contributed by atoms with van der Waals surface area (Å²) < 4.78 is 85.8. The van der Waals surface area contributed by atoms with E-state index in [9.17, 15) is 43.2 Å². The Morgan fingerprint density at radius 3 is 0.785 bits per heavy atom. The minimum absolute atomic E-state index is 0.210. The van der Waals surface area contributed by atoms with E-state index in [2.05, 4.69) is 15.0 Å². The maximum Gasteiger partial charge on any atom is 0.338 e. The molecule has 0 fully saturated rings. The first kappa shape index (κ1) is 91.2. The van der Waals surface area contributed by atoms with Gasteiger partial charge in [-0.25, -0.2) is 29.4 Å². The predicted molar refractivity (Wildman–Crippen MR) is 446 cm³/mol. The van der Waals surface area contributed by atoms with Gasteiger partial charge in [0.05, 0.1) is 149 Å². The lowest BCUT2D eigenvalue weighted by Gasteiger charge is -2.25. The summed E-state index contributed by atoms with van der Waals surface area (Å²) in [5.74, 6) is 0.667. The van der Waals surface area contributed by atoms with Crippen LogP contribution in [0.5, 0.6) is 69.0 Å². The van der Waals surface area contributed by atoms with Gasteiger partial charge in [0.15, 0.2) is 83.4 Å². The molecule has 0 spiro atoms. The first-order valence-corrected chi connectivity index (χ1v) is 39.4. The van der Waals surface area contributed by atoms with Crippen molar-refractivity contribution < 1.29 is 110 Å². The van der Waals surface area contributed by atoms with Crippen molar-refractivity contribution in [1.29, 1.82) is 0 Å². The quantitative estimate of drug-likeness (QED) is 0.0337. The number of esters is 6. The molecule has 3 unspecified atom stereocenters. The number of carboxylic acids is 1. The summed E-state index contributed by atoms with van der Waals surface area (Å²) >= 11 is 3.60. The van der Waals surface area contributed by atoms with E-state index in [1.165, 1.54) is 111 Å². The maximum atomic E-state index is 13.8. The largest absolute Gasteiger partial charge is 0.493 e. The summed E-state index contributed by atoms with van der Waals surface area (Å²) in [6.45, 7) is 17.1. The van der Waals surface area contributed by atoms with Gasteiger partial charge in [0.1, 0.15) is 0 Å². The molecule has 32 nitrogen and oxygen atoms in total. The molecule has 3 aliphatic rings. The number of fused-ring (bicyclic) bond motifs is 3. The number of aliphatic carboxylic acids is 1. The molecule has 121 heavy (non-hydrogen) atoms. The lowest BCUT2D eigenvalue weighted by molar-refractivity contribution is -0.137. The molecule has 12 rings (SSSR count). The van der Waals surface area contributed by atoms with Crippen molar-refractivity contribution in [1.82, 2.24) is 13.7 Å². The fourth-order valence-electron chi connectivity index (χ4n) is 12.9. The van der Waals surface area contributed by atoms with Crippen molar-refractivity contribution in [3.8, 4) is 69.0 Å². The van der Waals surface area contributed by atoms with Gasteiger partial charge in [0.2, 0.25) is 0 Å². The Bertz CT molecular complexity index is 5650. The Balaban J connectivity index is 0.000000202. The average molecular weight is 1720 g/mol. The molecule has 0 bridgehead atoms. The van der Waals surface area contributed by atoms with Crippen LogP contribution in [-0.4, -0.2) is 144 Å². The summed E-state index contributed by atoms with van der Waals surface area (Å²) in [6, 6.07) is 28.2. The number of rotatable bonds is 24. The zero-order valence-electron chi connectivity index (χ0n) is 69.5. The molecule has 1 N–H and O–H groups in total. The van der Waals surface area contributed by atoms with Crippen LogP contribution in [0.15, 0.2) is 172 Å². The first-order valence-electron chi connectivity index (χ1n) is 36.9. The summed E-state index contributed by atoms with van der Waals surface area (Å²) in [5, 5.41) is 7.42. The number of nitrogens with zero attached hydrogens (tertiary/aromatic N) is 6. The molecule has 3 aromatic heterocycles. The fourth-order valence-corrected chi connectivity index (χ4v) is 16.0. The second-order valence-corrected chi connectivity index (χ2v) is 28.8. The number of allylic oxidation sites excluding steroid dienone is 3. The summed E-state index contributed by atoms with van der Waals surface area (Å²) in [4.78, 5) is 139. The summed E-state index contributed by atoms with van der Waals surface area (Å²) in [6.07, 6.45) is 5.21. The molecule has 0 saturated heterocycles. The molecule has 0 amide bonds. The number of ether oxygens (including phenoxy) is 15. The molecular formula is C86H88N6O26S3. The zero-order chi connectivity index (χ0) is 88.4. The van der Waals surface area contributed by atoms with Gasteiger partial charge in [-0.15, -0.1) is 0 Å². The van der Waals surface area contributed by atoms with Crippen molar-refractivity contribution in [3.05, 3.63) is 235 Å². The van der Waals surface area contributed by atoms with Crippen molar-refractivity contribution in [2.45, 2.75) is 87.4 Å². The van der Waals surface area contributed by atoms with Crippen LogP contribution in [0, 0.1) is 0 Å². The lowest BCUT2D eigenvalue weighted by atomic mass is 9.95. The molecule has 9 aromatic rings. The molecule has 0 aliphatic carbocycles. The standard InChI is InChI=1S/3C28H28N2O8S.C2H4O2/c3*1-7-37-19-10-8-17(12-21(19)34-4)13-23-26(32)30-25(24(27(33)36-6)15(2)29-28(30)39-23)18-9-11-20(38-16(3)31)22(14-18)35-5;1-2(3)4/h3*8-14,25H,7H2,1-6H3;1H3,(H,3,4)/b3*23-13+;. The normalized spacial score (nSPS) is 14.5. The number of methoxy groups -OCH3 is 9. The maximum absolute atomic E-state index is 13.8. The topological polar surface area (TPSA) is 381 Å². The second-order valence-electron chi connectivity index (χ2n) is 25.8. The number of carboxylic acid groups (broad SMARTS) is 1. The Morgan fingerprint density at radius 1 is 0.355 bits per heavy atom. The van der Waals surface area contributed by atoms with E-state index in [0.717, 1.165) is 23.6 Å². The lowest BCUT2D eigenvalue weighted by Crippen LogP contribution is -2.39. The molecule has 6 heterocycles. The van der Waals surface area contributed by atoms with Gasteiger partial charge < -0.3 is 76.2 Å². The highest BCUT2D eigenvalue weighted by Crippen LogP contribution is 2.41. The SMILES string of the molecule is CC(=O)O.CCOc1ccc(/C=c2/sc3n(c2=O)C(c2ccc(OC(C)=O)c(OC)c2)C(C(=O)OC)=C(C)N=3)cc1OC.CCOc1ccc(/C=c2/sc3n(c2=O)C(c2ccc(OC(C)=O)c(OC)c2)C(C(=O)OC)=C(C)N=3)cc1OC.CCOc1ccc(/C=c2/sc3n(c2=O)C(c2ccc(OC(C)=O)c(OC)c2)C(C(=O)OC)=C(C)N=3)cc1OC. The second kappa shape index (κ2) is 41.1. The van der Waals surface area contributed by atoms with Crippen LogP contribution in [0.1, 0.15) is 121 Å². The summed E-state index contributed by atoms with van der Waals surface area (Å²) in [7, 11) is 12.8. The Hall–Kier alpha value is -13.7. The summed E-state index contributed by atoms with van der Waals surface area (Å²) in [5.41, 5.74) is 4.71. The van der Waals surface area contributed by atoms with Crippen LogP contribution in [-0.2, 0) is 47.8 Å². The van der Waals surface area contributed by atoms with Gasteiger partial charge in [-0.1, -0.05) is 70.4 Å². The molecule has 0 radical (unpaired) electrons. The Kier molecular flexibility index (Phi) is 31.0. The van der Waals surface area contributed by atoms with E-state index in [1.807, 2.05) is 39.0 Å². The number of carbonyl (C=O) groups excluding carboxylic acids is 6. The number of aromatic nitrogens is 3. The molecule has 0 saturated carbocycles. The third-order valence-electron chi connectivity index (χ3n) is 17.9. The van der Waals surface area contributed by atoms with E-state index in [-0.39, 0.29) is 67.9 Å². The van der Waals surface area contributed by atoms with Crippen molar-refractivity contribution in [2.24, 2.45) is 15.0 Å². The van der Waals surface area contributed by atoms with E-state index in [4.69, 9.17) is 81.0 Å². The minimum atomic E-state index is -0.856. The monoisotopic (exact) mass is 1720 g/mol. The molecule has 636 valence electrons. The predicted octanol–water partition coefficient (Wildman–Crippen LogP) is 8.34. The number of hydrogen-bond donors (Lipinski definition) is 1. The molecule has 35 heteroatoms. The first-order chi connectivity index (χ1) is 57.9. The number of hydrogen-bond acceptors (Lipinski definition) is 31. The van der Waals surface area contributed by atoms with Gasteiger partial charge in [-0.05, 0) is 166 Å². The van der Waals surface area contributed by atoms with Crippen molar-refractivity contribution in [3.63, 3.8) is 0 Å². The van der Waals surface area contributed by atoms with Gasteiger partial charge in [-0.2, -0.15) is 0 Å². The third-order valence-corrected chi connectivity index (χ3v) is 20.9. The van der Waals surface area contributed by atoms with Crippen LogP contribution in [0.3, 0.4) is 0 Å². The van der Waals surface area contributed by atoms with Crippen LogP contribution in [0.4, 0.5) is 0 Å².